The molecule has 0 saturated carbocycles. The first-order valence-corrected chi connectivity index (χ1v) is 6.37. The van der Waals surface area contributed by atoms with Crippen LogP contribution in [0.5, 0.6) is 0 Å². The maximum Gasteiger partial charge on any atom is 0.436 e. The first-order chi connectivity index (χ1) is 7.81. The maximum atomic E-state index is 11.9. The quantitative estimate of drug-likeness (QED) is 0.419. The second-order valence-electron chi connectivity index (χ2n) is 5.04. The molecule has 0 aliphatic carbocycles. The van der Waals surface area contributed by atoms with Crippen molar-refractivity contribution in [1.29, 1.82) is 0 Å². The van der Waals surface area contributed by atoms with E-state index in [1.807, 2.05) is 48.5 Å². The fourth-order valence-electron chi connectivity index (χ4n) is 1.74. The number of rotatable bonds is 5. The predicted octanol–water partition coefficient (Wildman–Crippen LogP) is 3.66. The molecule has 100 valence electrons. The molecule has 0 unspecified atom stereocenters. The van der Waals surface area contributed by atoms with E-state index in [0.717, 1.165) is 12.1 Å². The van der Waals surface area contributed by atoms with Gasteiger partial charge in [-0.2, -0.15) is 0 Å². The van der Waals surface area contributed by atoms with Crippen molar-refractivity contribution in [3.05, 3.63) is 0 Å². The number of carbonyl (C=O) groups excluding carboxylic acids is 1. The summed E-state index contributed by atoms with van der Waals surface area (Å²) in [6.07, 6.45) is 0.426. The van der Waals surface area contributed by atoms with E-state index in [9.17, 15) is 4.79 Å². The van der Waals surface area contributed by atoms with Gasteiger partial charge in [0.2, 0.25) is 0 Å². The van der Waals surface area contributed by atoms with Gasteiger partial charge >= 0.3 is 6.09 Å². The van der Waals surface area contributed by atoms with Crippen molar-refractivity contribution in [2.24, 2.45) is 11.1 Å². The predicted molar refractivity (Wildman–Crippen MR) is 71.2 cm³/mol. The SMILES string of the molecule is CC/C(=N/OC(=O)N(C(C)C)C(C)C)C(C)C. The minimum absolute atomic E-state index is 0.113. The number of oxime groups is 1. The van der Waals surface area contributed by atoms with Gasteiger partial charge in [0.25, 0.3) is 0 Å². The Hall–Kier alpha value is -1.06. The van der Waals surface area contributed by atoms with E-state index in [1.54, 1.807) is 4.90 Å². The molecule has 4 heteroatoms. The van der Waals surface area contributed by atoms with E-state index < -0.39 is 0 Å². The largest absolute Gasteiger partial charge is 0.436 e. The monoisotopic (exact) mass is 242 g/mol. The van der Waals surface area contributed by atoms with Gasteiger partial charge in [-0.05, 0) is 40.0 Å². The molecule has 0 aromatic rings. The van der Waals surface area contributed by atoms with E-state index in [4.69, 9.17) is 4.84 Å². The Morgan fingerprint density at radius 1 is 1.12 bits per heavy atom. The maximum absolute atomic E-state index is 11.9. The van der Waals surface area contributed by atoms with Gasteiger partial charge in [0.05, 0.1) is 5.71 Å². The molecule has 0 radical (unpaired) electrons. The van der Waals surface area contributed by atoms with Gasteiger partial charge in [-0.15, -0.1) is 0 Å². The molecule has 0 heterocycles. The number of hydrogen-bond donors (Lipinski definition) is 0. The highest BCUT2D eigenvalue weighted by atomic mass is 16.7. The Kier molecular flexibility index (Phi) is 6.85. The van der Waals surface area contributed by atoms with Crippen molar-refractivity contribution >= 4 is 11.8 Å². The van der Waals surface area contributed by atoms with Crippen molar-refractivity contribution in [1.82, 2.24) is 4.90 Å². The molecule has 0 saturated heterocycles. The number of hydrogen-bond acceptors (Lipinski definition) is 3. The lowest BCUT2D eigenvalue weighted by molar-refractivity contribution is 0.0811. The minimum Gasteiger partial charge on any atom is -0.301 e. The number of carbonyl (C=O) groups is 1. The van der Waals surface area contributed by atoms with Gasteiger partial charge in [-0.3, -0.25) is 4.84 Å². The zero-order valence-corrected chi connectivity index (χ0v) is 12.2. The van der Waals surface area contributed by atoms with Crippen molar-refractivity contribution < 1.29 is 9.63 Å². The van der Waals surface area contributed by atoms with Crippen molar-refractivity contribution in [2.45, 2.75) is 67.0 Å². The zero-order valence-electron chi connectivity index (χ0n) is 12.2. The Morgan fingerprint density at radius 3 is 1.88 bits per heavy atom. The Balaban J connectivity index is 4.62. The average Bonchev–Trinajstić information content (AvgIpc) is 2.16. The van der Waals surface area contributed by atoms with Crippen LogP contribution in [0.2, 0.25) is 0 Å². The third kappa shape index (κ3) is 5.20. The number of amides is 1. The topological polar surface area (TPSA) is 41.9 Å². The van der Waals surface area contributed by atoms with E-state index in [-0.39, 0.29) is 18.2 Å². The fraction of sp³-hybridized carbons (Fsp3) is 0.846. The van der Waals surface area contributed by atoms with Gasteiger partial charge in [-0.1, -0.05) is 25.9 Å². The van der Waals surface area contributed by atoms with Crippen molar-refractivity contribution in [3.63, 3.8) is 0 Å². The highest BCUT2D eigenvalue weighted by Crippen LogP contribution is 2.09. The standard InChI is InChI=1S/C13H26N2O2/c1-8-12(9(2)3)14-17-13(16)15(10(4)5)11(6)7/h9-11H,8H2,1-7H3/b14-12-. The summed E-state index contributed by atoms with van der Waals surface area (Å²) in [5.74, 6) is 0.305. The lowest BCUT2D eigenvalue weighted by Gasteiger charge is -2.28. The molecule has 0 rings (SSSR count). The minimum atomic E-state index is -0.374. The van der Waals surface area contributed by atoms with E-state index in [2.05, 4.69) is 5.16 Å². The van der Waals surface area contributed by atoms with Crippen LogP contribution in [0.15, 0.2) is 5.16 Å². The summed E-state index contributed by atoms with van der Waals surface area (Å²) in [5.41, 5.74) is 0.908. The molecular formula is C13H26N2O2. The molecule has 0 aromatic heterocycles. The Morgan fingerprint density at radius 2 is 1.59 bits per heavy atom. The van der Waals surface area contributed by atoms with Gasteiger partial charge in [-0.25, -0.2) is 4.79 Å². The lowest BCUT2D eigenvalue weighted by atomic mass is 10.1. The van der Waals surface area contributed by atoms with E-state index >= 15 is 0 Å². The summed E-state index contributed by atoms with van der Waals surface area (Å²) in [5, 5.41) is 3.95. The molecule has 0 aliphatic rings. The second-order valence-corrected chi connectivity index (χ2v) is 5.04. The normalized spacial score (nSPS) is 12.5. The molecule has 0 aliphatic heterocycles. The second kappa shape index (κ2) is 7.30. The smallest absolute Gasteiger partial charge is 0.301 e. The van der Waals surface area contributed by atoms with Gasteiger partial charge in [0.1, 0.15) is 0 Å². The first-order valence-electron chi connectivity index (χ1n) is 6.37. The fourth-order valence-corrected chi connectivity index (χ4v) is 1.74. The van der Waals surface area contributed by atoms with Crippen LogP contribution < -0.4 is 0 Å². The van der Waals surface area contributed by atoms with Crippen LogP contribution in [0.25, 0.3) is 0 Å². The molecule has 0 spiro atoms. The molecule has 0 N–H and O–H groups in total. The Bertz CT molecular complexity index is 263. The highest BCUT2D eigenvalue weighted by molar-refractivity contribution is 5.86. The van der Waals surface area contributed by atoms with Gasteiger partial charge in [0.15, 0.2) is 0 Å². The molecule has 0 bridgehead atoms. The third-order valence-corrected chi connectivity index (χ3v) is 2.59. The summed E-state index contributed by atoms with van der Waals surface area (Å²) in [7, 11) is 0. The molecule has 17 heavy (non-hydrogen) atoms. The average molecular weight is 242 g/mol. The van der Waals surface area contributed by atoms with Gasteiger partial charge < -0.3 is 4.90 Å². The lowest BCUT2D eigenvalue weighted by Crippen LogP contribution is -2.41. The van der Waals surface area contributed by atoms with Crippen LogP contribution >= 0.6 is 0 Å². The summed E-state index contributed by atoms with van der Waals surface area (Å²) in [4.78, 5) is 18.6. The summed E-state index contributed by atoms with van der Waals surface area (Å²) >= 11 is 0. The first kappa shape index (κ1) is 15.9. The zero-order chi connectivity index (χ0) is 13.6. The molecule has 1 amide bonds. The molecular weight excluding hydrogens is 216 g/mol. The van der Waals surface area contributed by atoms with E-state index in [1.165, 1.54) is 0 Å². The Labute approximate surface area is 105 Å². The van der Waals surface area contributed by atoms with Crippen LogP contribution in [0, 0.1) is 5.92 Å². The van der Waals surface area contributed by atoms with Crippen LogP contribution in [-0.4, -0.2) is 28.8 Å². The van der Waals surface area contributed by atoms with Crippen LogP contribution in [0.1, 0.15) is 54.9 Å². The molecule has 0 fully saturated rings. The molecule has 0 atom stereocenters. The van der Waals surface area contributed by atoms with Crippen molar-refractivity contribution in [3.8, 4) is 0 Å². The van der Waals surface area contributed by atoms with Crippen LogP contribution in [0.4, 0.5) is 4.79 Å². The van der Waals surface area contributed by atoms with Crippen LogP contribution in [-0.2, 0) is 4.84 Å². The van der Waals surface area contributed by atoms with Crippen molar-refractivity contribution in [2.75, 3.05) is 0 Å². The molecule has 0 aromatic carbocycles. The summed E-state index contributed by atoms with van der Waals surface area (Å²) in [6.45, 7) is 14.0. The third-order valence-electron chi connectivity index (χ3n) is 2.59. The highest BCUT2D eigenvalue weighted by Gasteiger charge is 2.22. The van der Waals surface area contributed by atoms with Crippen LogP contribution in [0.3, 0.4) is 0 Å². The van der Waals surface area contributed by atoms with E-state index in [0.29, 0.717) is 5.92 Å². The summed E-state index contributed by atoms with van der Waals surface area (Å²) in [6, 6.07) is 0.226. The summed E-state index contributed by atoms with van der Waals surface area (Å²) < 4.78 is 0. The van der Waals surface area contributed by atoms with Gasteiger partial charge in [0, 0.05) is 12.1 Å². The number of nitrogens with zero attached hydrogens (tertiary/aromatic N) is 2. The molecule has 4 nitrogen and oxygen atoms in total.